The van der Waals surface area contributed by atoms with E-state index in [2.05, 4.69) is 11.5 Å². The lowest BCUT2D eigenvalue weighted by atomic mass is 9.81. The first-order chi connectivity index (χ1) is 19.9. The average Bonchev–Trinajstić information content (AvgIpc) is 3.42. The topological polar surface area (TPSA) is 94.9 Å². The maximum Gasteiger partial charge on any atom is 0.307 e. The highest BCUT2D eigenvalue weighted by molar-refractivity contribution is 5.94. The smallest absolute Gasteiger partial charge is 0.307 e. The molecule has 1 aliphatic carbocycles. The molecule has 1 amide bonds. The van der Waals surface area contributed by atoms with Gasteiger partial charge in [0.25, 0.3) is 5.91 Å². The first-order valence-corrected chi connectivity index (χ1v) is 14.4. The number of aromatic nitrogens is 2. The van der Waals surface area contributed by atoms with E-state index < -0.39 is 0 Å². The second kappa shape index (κ2) is 14.7. The summed E-state index contributed by atoms with van der Waals surface area (Å²) >= 11 is 0. The standard InChI is InChI=1S/C32H42N4O5/c1-5-41-30(37)19-20-35(2)32(38)24-15-17-25(18-16-24)33-31(23-11-7-6-8-12-23)26-21-36(34-27(26)22-39-3)28-13-9-10-14-29(28)40-4/h9-10,13-18,21,23,31,33H,5-8,11-12,19-20,22H2,1-4H3. The quantitative estimate of drug-likeness (QED) is 0.264. The molecule has 1 N–H and O–H groups in total. The summed E-state index contributed by atoms with van der Waals surface area (Å²) in [5, 5.41) is 8.70. The van der Waals surface area contributed by atoms with Crippen molar-refractivity contribution in [2.45, 2.75) is 58.1 Å². The molecule has 3 aromatic rings. The minimum absolute atomic E-state index is 0.0257. The van der Waals surface area contributed by atoms with Crippen LogP contribution in [0.3, 0.4) is 0 Å². The molecule has 1 heterocycles. The molecule has 1 unspecified atom stereocenters. The Morgan fingerprint density at radius 1 is 1.07 bits per heavy atom. The number of hydrogen-bond donors (Lipinski definition) is 1. The molecular formula is C32H42N4O5. The van der Waals surface area contributed by atoms with E-state index in [-0.39, 0.29) is 24.3 Å². The third kappa shape index (κ3) is 7.67. The normalized spacial score (nSPS) is 14.3. The Kier molecular flexibility index (Phi) is 10.8. The lowest BCUT2D eigenvalue weighted by molar-refractivity contribution is -0.143. The highest BCUT2D eigenvalue weighted by Gasteiger charge is 2.29. The van der Waals surface area contributed by atoms with Gasteiger partial charge in [-0.15, -0.1) is 0 Å². The van der Waals surface area contributed by atoms with Gasteiger partial charge in [-0.1, -0.05) is 31.4 Å². The molecule has 0 radical (unpaired) electrons. The summed E-state index contributed by atoms with van der Waals surface area (Å²) < 4.78 is 18.0. The van der Waals surface area contributed by atoms with E-state index in [0.717, 1.165) is 41.2 Å². The van der Waals surface area contributed by atoms with Gasteiger partial charge in [0.15, 0.2) is 0 Å². The number of rotatable bonds is 13. The highest BCUT2D eigenvalue weighted by Crippen LogP contribution is 2.39. The zero-order valence-corrected chi connectivity index (χ0v) is 24.6. The molecule has 1 aromatic heterocycles. The Labute approximate surface area is 242 Å². The van der Waals surface area contributed by atoms with Crippen molar-refractivity contribution in [3.05, 3.63) is 71.5 Å². The van der Waals surface area contributed by atoms with Crippen LogP contribution in [-0.4, -0.2) is 61.0 Å². The lowest BCUT2D eigenvalue weighted by Gasteiger charge is -2.32. The van der Waals surface area contributed by atoms with E-state index in [1.165, 1.54) is 19.3 Å². The third-order valence-electron chi connectivity index (χ3n) is 7.65. The zero-order chi connectivity index (χ0) is 29.2. The van der Waals surface area contributed by atoms with Gasteiger partial charge < -0.3 is 24.4 Å². The van der Waals surface area contributed by atoms with Crippen molar-refractivity contribution < 1.29 is 23.8 Å². The number of carbonyl (C=O) groups is 2. The minimum atomic E-state index is -0.303. The maximum absolute atomic E-state index is 12.9. The van der Waals surface area contributed by atoms with E-state index in [1.54, 1.807) is 33.1 Å². The van der Waals surface area contributed by atoms with Crippen LogP contribution in [0.25, 0.3) is 5.69 Å². The fraction of sp³-hybridized carbons (Fsp3) is 0.469. The van der Waals surface area contributed by atoms with Gasteiger partial charge in [-0.05, 0) is 62.1 Å². The van der Waals surface area contributed by atoms with E-state index in [4.69, 9.17) is 19.3 Å². The summed E-state index contributed by atoms with van der Waals surface area (Å²) in [7, 11) is 5.05. The summed E-state index contributed by atoms with van der Waals surface area (Å²) in [6.07, 6.45) is 8.19. The first kappa shape index (κ1) is 30.1. The van der Waals surface area contributed by atoms with Crippen LogP contribution in [0, 0.1) is 5.92 Å². The molecule has 9 heteroatoms. The van der Waals surface area contributed by atoms with E-state index in [0.29, 0.717) is 31.2 Å². The highest BCUT2D eigenvalue weighted by atomic mass is 16.5. The van der Waals surface area contributed by atoms with Crippen molar-refractivity contribution in [1.29, 1.82) is 0 Å². The number of anilines is 1. The zero-order valence-electron chi connectivity index (χ0n) is 24.6. The molecule has 4 rings (SSSR count). The first-order valence-electron chi connectivity index (χ1n) is 14.4. The van der Waals surface area contributed by atoms with Gasteiger partial charge in [0.2, 0.25) is 0 Å². The van der Waals surface area contributed by atoms with Gasteiger partial charge >= 0.3 is 5.97 Å². The molecule has 0 spiro atoms. The summed E-state index contributed by atoms with van der Waals surface area (Å²) in [5.41, 5.74) is 4.36. The Hall–Kier alpha value is -3.85. The van der Waals surface area contributed by atoms with Gasteiger partial charge in [0.1, 0.15) is 11.4 Å². The van der Waals surface area contributed by atoms with Crippen LogP contribution in [0.5, 0.6) is 5.75 Å². The molecule has 0 saturated heterocycles. The van der Waals surface area contributed by atoms with Gasteiger partial charge in [0, 0.05) is 43.7 Å². The fourth-order valence-corrected chi connectivity index (χ4v) is 5.49. The van der Waals surface area contributed by atoms with Crippen molar-refractivity contribution in [3.63, 3.8) is 0 Å². The molecule has 0 bridgehead atoms. The van der Waals surface area contributed by atoms with Crippen molar-refractivity contribution >= 4 is 17.6 Å². The molecule has 1 saturated carbocycles. The SMILES string of the molecule is CCOC(=O)CCN(C)C(=O)c1ccc(NC(c2cn(-c3ccccc3OC)nc2COC)C2CCCCC2)cc1. The van der Waals surface area contributed by atoms with Crippen LogP contribution >= 0.6 is 0 Å². The van der Waals surface area contributed by atoms with Gasteiger partial charge in [0.05, 0.1) is 38.5 Å². The van der Waals surface area contributed by atoms with E-state index in [9.17, 15) is 9.59 Å². The van der Waals surface area contributed by atoms with Crippen LogP contribution in [0.2, 0.25) is 0 Å². The van der Waals surface area contributed by atoms with Gasteiger partial charge in [-0.2, -0.15) is 5.10 Å². The second-order valence-corrected chi connectivity index (χ2v) is 10.5. The number of ether oxygens (including phenoxy) is 3. The second-order valence-electron chi connectivity index (χ2n) is 10.5. The maximum atomic E-state index is 12.9. The van der Waals surface area contributed by atoms with Crippen LogP contribution in [0.1, 0.15) is 73.1 Å². The van der Waals surface area contributed by atoms with Crippen LogP contribution in [0.4, 0.5) is 5.69 Å². The number of methoxy groups -OCH3 is 2. The predicted octanol–water partition coefficient (Wildman–Crippen LogP) is 5.79. The molecule has 41 heavy (non-hydrogen) atoms. The number of para-hydroxylation sites is 2. The molecule has 1 aliphatic rings. The van der Waals surface area contributed by atoms with Crippen molar-refractivity contribution in [2.24, 2.45) is 5.92 Å². The Balaban J connectivity index is 1.58. The number of nitrogens with zero attached hydrogens (tertiary/aromatic N) is 3. The molecule has 1 fully saturated rings. The molecule has 1 atom stereocenters. The summed E-state index contributed by atoms with van der Waals surface area (Å²) in [6, 6.07) is 15.4. The number of hydrogen-bond acceptors (Lipinski definition) is 7. The number of nitrogens with one attached hydrogen (secondary N) is 1. The van der Waals surface area contributed by atoms with E-state index >= 15 is 0 Å². The predicted molar refractivity (Wildman–Crippen MR) is 158 cm³/mol. The van der Waals surface area contributed by atoms with Crippen LogP contribution in [0.15, 0.2) is 54.7 Å². The Morgan fingerprint density at radius 2 is 1.80 bits per heavy atom. The third-order valence-corrected chi connectivity index (χ3v) is 7.65. The van der Waals surface area contributed by atoms with Gasteiger partial charge in [-0.3, -0.25) is 9.59 Å². The van der Waals surface area contributed by atoms with Crippen molar-refractivity contribution in [3.8, 4) is 11.4 Å². The molecular weight excluding hydrogens is 520 g/mol. The average molecular weight is 563 g/mol. The van der Waals surface area contributed by atoms with Crippen LogP contribution in [-0.2, 0) is 20.9 Å². The Morgan fingerprint density at radius 3 is 2.49 bits per heavy atom. The number of esters is 1. The number of benzene rings is 2. The largest absolute Gasteiger partial charge is 0.494 e. The molecule has 2 aromatic carbocycles. The van der Waals surface area contributed by atoms with Crippen LogP contribution < -0.4 is 10.1 Å². The number of carbonyl (C=O) groups excluding carboxylic acids is 2. The fourth-order valence-electron chi connectivity index (χ4n) is 5.49. The number of amides is 1. The summed E-state index contributed by atoms with van der Waals surface area (Å²) in [6.45, 7) is 2.81. The lowest BCUT2D eigenvalue weighted by Crippen LogP contribution is -2.29. The Bertz CT molecular complexity index is 1280. The van der Waals surface area contributed by atoms with E-state index in [1.807, 2.05) is 53.2 Å². The molecule has 9 nitrogen and oxygen atoms in total. The summed E-state index contributed by atoms with van der Waals surface area (Å²) in [5.74, 6) is 0.748. The molecule has 0 aliphatic heterocycles. The summed E-state index contributed by atoms with van der Waals surface area (Å²) in [4.78, 5) is 26.2. The minimum Gasteiger partial charge on any atom is -0.494 e. The molecule has 220 valence electrons. The van der Waals surface area contributed by atoms with Crippen molar-refractivity contribution in [2.75, 3.05) is 39.7 Å². The van der Waals surface area contributed by atoms with Crippen molar-refractivity contribution in [1.82, 2.24) is 14.7 Å². The monoisotopic (exact) mass is 562 g/mol. The van der Waals surface area contributed by atoms with Gasteiger partial charge in [-0.25, -0.2) is 4.68 Å².